The molecule has 0 radical (unpaired) electrons. The fourth-order valence-electron chi connectivity index (χ4n) is 3.91. The summed E-state index contributed by atoms with van der Waals surface area (Å²) >= 11 is 0. The molecule has 2 heterocycles. The molecule has 10 heteroatoms. The third kappa shape index (κ3) is 6.06. The maximum Gasteiger partial charge on any atom is 0.356 e. The first-order valence-corrected chi connectivity index (χ1v) is 11.7. The Kier molecular flexibility index (Phi) is 9.13. The highest BCUT2D eigenvalue weighted by Crippen LogP contribution is 2.33. The van der Waals surface area contributed by atoms with Crippen LogP contribution in [0.4, 0.5) is 11.4 Å². The molecule has 0 aliphatic heterocycles. The molecule has 0 saturated heterocycles. The van der Waals surface area contributed by atoms with E-state index in [1.165, 1.54) is 7.11 Å². The zero-order valence-electron chi connectivity index (χ0n) is 21.6. The second-order valence-corrected chi connectivity index (χ2v) is 8.64. The van der Waals surface area contributed by atoms with E-state index in [0.717, 1.165) is 11.3 Å². The van der Waals surface area contributed by atoms with Gasteiger partial charge in [-0.05, 0) is 29.7 Å². The van der Waals surface area contributed by atoms with E-state index in [9.17, 15) is 9.59 Å². The number of anilines is 2. The molecule has 1 aromatic carbocycles. The van der Waals surface area contributed by atoms with Gasteiger partial charge in [-0.1, -0.05) is 19.9 Å². The van der Waals surface area contributed by atoms with Gasteiger partial charge in [-0.25, -0.2) is 9.78 Å². The number of carbonyl (C=O) groups is 2. The molecule has 0 atom stereocenters. The van der Waals surface area contributed by atoms with Crippen LogP contribution in [0.15, 0.2) is 30.5 Å². The van der Waals surface area contributed by atoms with Crippen molar-refractivity contribution in [3.05, 3.63) is 41.7 Å². The Bertz CT molecular complexity index is 1220. The average Bonchev–Trinajstić information content (AvgIpc) is 3.17. The lowest BCUT2D eigenvalue weighted by Gasteiger charge is -2.11. The van der Waals surface area contributed by atoms with Crippen LogP contribution in [0.2, 0.25) is 0 Å². The fraction of sp³-hybridized carbons (Fsp3) is 0.423. The van der Waals surface area contributed by atoms with Crippen molar-refractivity contribution in [2.75, 3.05) is 45.7 Å². The highest BCUT2D eigenvalue weighted by molar-refractivity contribution is 6.11. The van der Waals surface area contributed by atoms with Gasteiger partial charge in [0.1, 0.15) is 5.65 Å². The number of hydrogen-bond acceptors (Lipinski definition) is 8. The number of amides is 1. The topological polar surface area (TPSA) is 113 Å². The first kappa shape index (κ1) is 26.8. The van der Waals surface area contributed by atoms with Crippen LogP contribution < -0.4 is 20.1 Å². The molecule has 2 N–H and O–H groups in total. The zero-order valence-corrected chi connectivity index (χ0v) is 21.6. The number of nitrogens with one attached hydrogen (secondary N) is 2. The highest BCUT2D eigenvalue weighted by atomic mass is 16.5. The number of rotatable bonds is 12. The van der Waals surface area contributed by atoms with Crippen LogP contribution in [0.25, 0.3) is 11.0 Å². The number of esters is 1. The van der Waals surface area contributed by atoms with E-state index < -0.39 is 5.97 Å². The quantitative estimate of drug-likeness (QED) is 0.359. The standard InChI is InChI=1S/C26H34N4O6/c1-16(2)11-22(31)29-23-19-13-18(27-14-17-7-8-20(34-4)21(12-17)35-5)15-28-25(19)30(9-10-33-3)24(23)26(32)36-6/h7-8,12-13,15-16,27H,9-11,14H2,1-6H3,(H,29,31). The number of pyridine rings is 1. The van der Waals surface area contributed by atoms with E-state index in [0.29, 0.717) is 54.3 Å². The summed E-state index contributed by atoms with van der Waals surface area (Å²) in [7, 11) is 6.08. The van der Waals surface area contributed by atoms with E-state index >= 15 is 0 Å². The first-order valence-electron chi connectivity index (χ1n) is 11.7. The number of fused-ring (bicyclic) bond motifs is 1. The molecule has 0 spiro atoms. The van der Waals surface area contributed by atoms with E-state index in [1.807, 2.05) is 38.1 Å². The average molecular weight is 499 g/mol. The van der Waals surface area contributed by atoms with Gasteiger partial charge in [0.05, 0.1) is 45.5 Å². The lowest BCUT2D eigenvalue weighted by atomic mass is 10.1. The van der Waals surface area contributed by atoms with Crippen molar-refractivity contribution in [3.8, 4) is 11.5 Å². The second-order valence-electron chi connectivity index (χ2n) is 8.64. The summed E-state index contributed by atoms with van der Waals surface area (Å²) in [6.45, 7) is 5.13. The molecule has 194 valence electrons. The molecular formula is C26H34N4O6. The molecule has 3 rings (SSSR count). The number of hydrogen-bond donors (Lipinski definition) is 2. The second kappa shape index (κ2) is 12.3. The third-order valence-corrected chi connectivity index (χ3v) is 5.60. The molecular weight excluding hydrogens is 464 g/mol. The Labute approximate surface area is 210 Å². The Balaban J connectivity index is 2.01. The normalized spacial score (nSPS) is 11.0. The van der Waals surface area contributed by atoms with Gasteiger partial charge in [-0.2, -0.15) is 0 Å². The predicted molar refractivity (Wildman–Crippen MR) is 138 cm³/mol. The lowest BCUT2D eigenvalue weighted by Crippen LogP contribution is -2.19. The van der Waals surface area contributed by atoms with Crippen molar-refractivity contribution in [2.45, 2.75) is 33.4 Å². The molecule has 10 nitrogen and oxygen atoms in total. The van der Waals surface area contributed by atoms with Crippen LogP contribution in [-0.2, 0) is 27.4 Å². The minimum absolute atomic E-state index is 0.158. The lowest BCUT2D eigenvalue weighted by molar-refractivity contribution is -0.116. The maximum absolute atomic E-state index is 12.8. The highest BCUT2D eigenvalue weighted by Gasteiger charge is 2.26. The maximum atomic E-state index is 12.8. The fourth-order valence-corrected chi connectivity index (χ4v) is 3.91. The zero-order chi connectivity index (χ0) is 26.2. The number of benzene rings is 1. The molecule has 36 heavy (non-hydrogen) atoms. The number of carbonyl (C=O) groups excluding carboxylic acids is 2. The van der Waals surface area contributed by atoms with Gasteiger partial charge in [0.2, 0.25) is 5.91 Å². The van der Waals surface area contributed by atoms with Crippen molar-refractivity contribution in [3.63, 3.8) is 0 Å². The summed E-state index contributed by atoms with van der Waals surface area (Å²) in [6.07, 6.45) is 2.00. The van der Waals surface area contributed by atoms with Gasteiger partial charge in [-0.15, -0.1) is 0 Å². The van der Waals surface area contributed by atoms with Gasteiger partial charge < -0.3 is 34.1 Å². The monoisotopic (exact) mass is 498 g/mol. The molecule has 2 aromatic heterocycles. The van der Waals surface area contributed by atoms with Crippen LogP contribution in [0.3, 0.4) is 0 Å². The number of aromatic nitrogens is 2. The van der Waals surface area contributed by atoms with Crippen LogP contribution in [-0.4, -0.2) is 56.5 Å². The smallest absolute Gasteiger partial charge is 0.356 e. The molecule has 0 unspecified atom stereocenters. The first-order chi connectivity index (χ1) is 17.3. The Morgan fingerprint density at radius 1 is 1.06 bits per heavy atom. The van der Waals surface area contributed by atoms with Crippen LogP contribution in [0.1, 0.15) is 36.3 Å². The molecule has 3 aromatic rings. The van der Waals surface area contributed by atoms with E-state index in [2.05, 4.69) is 15.6 Å². The van der Waals surface area contributed by atoms with Crippen molar-refractivity contribution >= 4 is 34.3 Å². The Hall–Kier alpha value is -3.79. The van der Waals surface area contributed by atoms with Crippen LogP contribution in [0.5, 0.6) is 11.5 Å². The summed E-state index contributed by atoms with van der Waals surface area (Å²) in [5.41, 5.74) is 2.85. The molecule has 0 fully saturated rings. The van der Waals surface area contributed by atoms with Gasteiger partial charge in [0, 0.05) is 32.0 Å². The van der Waals surface area contributed by atoms with Crippen molar-refractivity contribution in [1.29, 1.82) is 0 Å². The summed E-state index contributed by atoms with van der Waals surface area (Å²) in [6, 6.07) is 7.54. The number of methoxy groups -OCH3 is 4. The van der Waals surface area contributed by atoms with Gasteiger partial charge in [-0.3, -0.25) is 4.79 Å². The van der Waals surface area contributed by atoms with Gasteiger partial charge in [0.25, 0.3) is 0 Å². The third-order valence-electron chi connectivity index (χ3n) is 5.60. The number of ether oxygens (including phenoxy) is 4. The summed E-state index contributed by atoms with van der Waals surface area (Å²) < 4.78 is 22.7. The summed E-state index contributed by atoms with van der Waals surface area (Å²) in [4.78, 5) is 30.1. The van der Waals surface area contributed by atoms with Gasteiger partial charge >= 0.3 is 5.97 Å². The summed E-state index contributed by atoms with van der Waals surface area (Å²) in [5.74, 6) is 0.691. The largest absolute Gasteiger partial charge is 0.493 e. The molecule has 1 amide bonds. The van der Waals surface area contributed by atoms with Crippen LogP contribution in [0, 0.1) is 5.92 Å². The molecule has 0 bridgehead atoms. The SMILES string of the molecule is COCCn1c(C(=O)OC)c(NC(=O)CC(C)C)c2cc(NCc3ccc(OC)c(OC)c3)cnc21. The Morgan fingerprint density at radius 2 is 1.81 bits per heavy atom. The van der Waals surface area contributed by atoms with Crippen LogP contribution >= 0.6 is 0 Å². The van der Waals surface area contributed by atoms with E-state index in [1.54, 1.807) is 32.1 Å². The van der Waals surface area contributed by atoms with Crippen molar-refractivity contribution in [1.82, 2.24) is 9.55 Å². The Morgan fingerprint density at radius 3 is 2.44 bits per heavy atom. The van der Waals surface area contributed by atoms with E-state index in [-0.39, 0.29) is 17.5 Å². The molecule has 0 saturated carbocycles. The number of nitrogens with zero attached hydrogens (tertiary/aromatic N) is 2. The minimum atomic E-state index is -0.566. The van der Waals surface area contributed by atoms with E-state index in [4.69, 9.17) is 18.9 Å². The predicted octanol–water partition coefficient (Wildman–Crippen LogP) is 4.08. The van der Waals surface area contributed by atoms with Crippen molar-refractivity contribution in [2.24, 2.45) is 5.92 Å². The van der Waals surface area contributed by atoms with Crippen molar-refractivity contribution < 1.29 is 28.5 Å². The van der Waals surface area contributed by atoms with Gasteiger partial charge in [0.15, 0.2) is 17.2 Å². The summed E-state index contributed by atoms with van der Waals surface area (Å²) in [5, 5.41) is 6.90. The molecule has 0 aliphatic rings. The molecule has 0 aliphatic carbocycles. The minimum Gasteiger partial charge on any atom is -0.493 e.